The lowest BCUT2D eigenvalue weighted by molar-refractivity contribution is 0.0724. The zero-order valence-electron chi connectivity index (χ0n) is 8.19. The zero-order chi connectivity index (χ0) is 10.2. The van der Waals surface area contributed by atoms with Crippen molar-refractivity contribution < 1.29 is 13.3 Å². The lowest BCUT2D eigenvalue weighted by Crippen LogP contribution is -2.44. The van der Waals surface area contributed by atoms with Gasteiger partial charge in [-0.3, -0.25) is 0 Å². The first-order valence-electron chi connectivity index (χ1n) is 4.22. The third-order valence-corrected chi connectivity index (χ3v) is 3.44. The Balaban J connectivity index is 4.46. The molecule has 0 rings (SSSR count). The number of nitrogens with zero attached hydrogens (tertiary/aromatic N) is 3. The fraction of sp³-hybridized carbons (Fsp3) is 1.00. The van der Waals surface area contributed by atoms with Gasteiger partial charge in [-0.1, -0.05) is 0 Å². The highest BCUT2D eigenvalue weighted by Gasteiger charge is 2.39. The van der Waals surface area contributed by atoms with Crippen LogP contribution in [0.5, 0.6) is 0 Å². The maximum absolute atomic E-state index is 8.33. The second kappa shape index (κ2) is 6.87. The third kappa shape index (κ3) is 4.25. The van der Waals surface area contributed by atoms with Crippen molar-refractivity contribution in [2.75, 3.05) is 19.8 Å². The van der Waals surface area contributed by atoms with Crippen molar-refractivity contribution in [3.05, 3.63) is 10.4 Å². The van der Waals surface area contributed by atoms with E-state index in [0.717, 1.165) is 0 Å². The van der Waals surface area contributed by atoms with Gasteiger partial charge in [0.05, 0.1) is 0 Å². The molecule has 0 saturated carbocycles. The Hall–Kier alpha value is -0.593. The molecule has 0 aromatic carbocycles. The molecule has 0 aromatic rings. The fourth-order valence-electron chi connectivity index (χ4n) is 0.814. The molecule has 0 aliphatic heterocycles. The Labute approximate surface area is 78.9 Å². The summed E-state index contributed by atoms with van der Waals surface area (Å²) in [5, 5.41) is 0. The van der Waals surface area contributed by atoms with Crippen molar-refractivity contribution >= 4 is 8.97 Å². The summed E-state index contributed by atoms with van der Waals surface area (Å²) < 4.78 is 19.2. The number of hydrogen-bond donors (Lipinski definition) is 0. The van der Waals surface area contributed by atoms with Gasteiger partial charge in [0.25, 0.3) is 0 Å². The predicted octanol–water partition coefficient (Wildman–Crippen LogP) is 1.84. The summed E-state index contributed by atoms with van der Waals surface area (Å²) in [4.78, 5) is 2.68. The van der Waals surface area contributed by atoms with Gasteiger partial charge >= 0.3 is 8.97 Å². The van der Waals surface area contributed by atoms with Gasteiger partial charge < -0.3 is 13.3 Å². The van der Waals surface area contributed by atoms with Gasteiger partial charge in [0, 0.05) is 24.7 Å². The highest BCUT2D eigenvalue weighted by Crippen LogP contribution is 2.11. The predicted molar refractivity (Wildman–Crippen MR) is 49.8 cm³/mol. The van der Waals surface area contributed by atoms with Crippen LogP contribution in [0.25, 0.3) is 10.4 Å². The van der Waals surface area contributed by atoms with Crippen LogP contribution in [0.1, 0.15) is 20.8 Å². The van der Waals surface area contributed by atoms with Crippen LogP contribution in [-0.2, 0) is 13.3 Å². The highest BCUT2D eigenvalue weighted by molar-refractivity contribution is 6.58. The van der Waals surface area contributed by atoms with Crippen molar-refractivity contribution in [3.8, 4) is 0 Å². The summed E-state index contributed by atoms with van der Waals surface area (Å²) in [7, 11) is -3.09. The molecule has 13 heavy (non-hydrogen) atoms. The summed E-state index contributed by atoms with van der Waals surface area (Å²) in [5.41, 5.74) is 8.33. The first kappa shape index (κ1) is 12.4. The van der Waals surface area contributed by atoms with Gasteiger partial charge in [-0.2, -0.15) is 0 Å². The Morgan fingerprint density at radius 1 is 1.08 bits per heavy atom. The van der Waals surface area contributed by atoms with Gasteiger partial charge in [0.1, 0.15) is 0 Å². The highest BCUT2D eigenvalue weighted by atomic mass is 28.4. The van der Waals surface area contributed by atoms with E-state index < -0.39 is 8.97 Å². The average Bonchev–Trinajstić information content (AvgIpc) is 2.06. The molecule has 0 unspecified atom stereocenters. The second-order valence-corrected chi connectivity index (χ2v) is 4.13. The Morgan fingerprint density at radius 3 is 1.69 bits per heavy atom. The molecule has 0 N–H and O–H groups in total. The minimum atomic E-state index is -3.09. The van der Waals surface area contributed by atoms with E-state index in [4.69, 9.17) is 18.8 Å². The van der Waals surface area contributed by atoms with E-state index in [-0.39, 0.29) is 0 Å². The van der Waals surface area contributed by atoms with Crippen molar-refractivity contribution in [2.45, 2.75) is 20.8 Å². The summed E-state index contributed by atoms with van der Waals surface area (Å²) >= 11 is 0. The summed E-state index contributed by atoms with van der Waals surface area (Å²) in [6.07, 6.45) is 0. The van der Waals surface area contributed by atoms with Gasteiger partial charge in [0.2, 0.25) is 0 Å². The van der Waals surface area contributed by atoms with Gasteiger partial charge in [-0.25, -0.2) is 0 Å². The van der Waals surface area contributed by atoms with Crippen molar-refractivity contribution in [2.24, 2.45) is 4.78 Å². The van der Waals surface area contributed by atoms with E-state index in [1.54, 1.807) is 20.8 Å². The van der Waals surface area contributed by atoms with E-state index in [2.05, 4.69) is 9.69 Å². The normalized spacial score (nSPS) is 11.0. The number of hydrogen-bond acceptors (Lipinski definition) is 4. The third-order valence-electron chi connectivity index (χ3n) is 1.15. The number of rotatable bonds is 7. The minimum absolute atomic E-state index is 0.408. The first-order valence-corrected chi connectivity index (χ1v) is 5.90. The maximum Gasteiger partial charge on any atom is 0.591 e. The summed E-state index contributed by atoms with van der Waals surface area (Å²) in [6.45, 7) is 6.62. The van der Waals surface area contributed by atoms with Crippen LogP contribution in [0.3, 0.4) is 0 Å². The monoisotopic (exact) mass is 205 g/mol. The molecule has 0 fully saturated rings. The molecule has 0 spiro atoms. The largest absolute Gasteiger partial charge is 0.591 e. The smallest absolute Gasteiger partial charge is 0.371 e. The quantitative estimate of drug-likeness (QED) is 0.275. The molecule has 0 bridgehead atoms. The molecule has 0 radical (unpaired) electrons. The van der Waals surface area contributed by atoms with Crippen molar-refractivity contribution in [1.82, 2.24) is 0 Å². The second-order valence-electron chi connectivity index (χ2n) is 2.01. The van der Waals surface area contributed by atoms with Gasteiger partial charge in [0.15, 0.2) is 0 Å². The summed E-state index contributed by atoms with van der Waals surface area (Å²) in [5.74, 6) is 0. The minimum Gasteiger partial charge on any atom is -0.371 e. The maximum atomic E-state index is 8.33. The van der Waals surface area contributed by atoms with Crippen LogP contribution in [-0.4, -0.2) is 28.8 Å². The van der Waals surface area contributed by atoms with Crippen LogP contribution in [0, 0.1) is 0 Å². The molecule has 6 nitrogen and oxygen atoms in total. The molecule has 0 aliphatic carbocycles. The molecule has 0 atom stereocenters. The van der Waals surface area contributed by atoms with Crippen LogP contribution >= 0.6 is 0 Å². The standard InChI is InChI=1S/C6H15N3O3Si/c1-4-10-13(9-8-7,11-5-2)12-6-3/h4-6H2,1-3H3. The first-order chi connectivity index (χ1) is 6.24. The van der Waals surface area contributed by atoms with Gasteiger partial charge in [-0.05, 0) is 31.1 Å². The van der Waals surface area contributed by atoms with E-state index >= 15 is 0 Å². The molecule has 0 aliphatic rings. The Bertz CT molecular complexity index is 167. The van der Waals surface area contributed by atoms with E-state index in [1.807, 2.05) is 0 Å². The van der Waals surface area contributed by atoms with Crippen LogP contribution in [0.2, 0.25) is 0 Å². The van der Waals surface area contributed by atoms with Crippen molar-refractivity contribution in [3.63, 3.8) is 0 Å². The zero-order valence-corrected chi connectivity index (χ0v) is 9.19. The molecule has 0 aromatic heterocycles. The molecule has 76 valence electrons. The SMILES string of the molecule is CCO[Si](N=[N+]=[N-])(OCC)OCC. The topological polar surface area (TPSA) is 76.5 Å². The van der Waals surface area contributed by atoms with Crippen LogP contribution < -0.4 is 0 Å². The lowest BCUT2D eigenvalue weighted by atomic mass is 10.9. The van der Waals surface area contributed by atoms with Crippen molar-refractivity contribution in [1.29, 1.82) is 0 Å². The Morgan fingerprint density at radius 2 is 1.46 bits per heavy atom. The number of azide groups is 1. The van der Waals surface area contributed by atoms with Crippen LogP contribution in [0.4, 0.5) is 0 Å². The summed E-state index contributed by atoms with van der Waals surface area (Å²) in [6, 6.07) is 0. The molecule has 0 saturated heterocycles. The molecule has 7 heteroatoms. The van der Waals surface area contributed by atoms with Crippen LogP contribution in [0.15, 0.2) is 4.78 Å². The molecular weight excluding hydrogens is 190 g/mol. The van der Waals surface area contributed by atoms with Gasteiger partial charge in [-0.15, -0.1) is 0 Å². The Kier molecular flexibility index (Phi) is 6.56. The molecule has 0 amide bonds. The average molecular weight is 205 g/mol. The molecule has 0 heterocycles. The molecular formula is C6H15N3O3Si. The lowest BCUT2D eigenvalue weighted by Gasteiger charge is -2.22. The fourth-order valence-corrected chi connectivity index (χ4v) is 2.44. The van der Waals surface area contributed by atoms with E-state index in [9.17, 15) is 0 Å². The van der Waals surface area contributed by atoms with E-state index in [0.29, 0.717) is 19.8 Å². The van der Waals surface area contributed by atoms with E-state index in [1.165, 1.54) is 0 Å².